The maximum Gasteiger partial charge on any atom is 0.306 e. The van der Waals surface area contributed by atoms with Crippen LogP contribution in [-0.2, 0) is 9.53 Å². The van der Waals surface area contributed by atoms with E-state index in [1.54, 1.807) is 0 Å². The van der Waals surface area contributed by atoms with Gasteiger partial charge in [-0.25, -0.2) is 0 Å². The maximum atomic E-state index is 10.5. The standard InChI is InChI=1S/C9H15NO3/c11-9(12)5-8-6-10(3-4-13-8)7-1-2-7/h7-8H,1-6H2,(H,11,12). The summed E-state index contributed by atoms with van der Waals surface area (Å²) >= 11 is 0. The molecule has 1 N–H and O–H groups in total. The van der Waals surface area contributed by atoms with Gasteiger partial charge in [-0.3, -0.25) is 9.69 Å². The summed E-state index contributed by atoms with van der Waals surface area (Å²) in [6, 6.07) is 0.722. The first-order valence-electron chi connectivity index (χ1n) is 4.83. The second-order valence-electron chi connectivity index (χ2n) is 3.82. The lowest BCUT2D eigenvalue weighted by Gasteiger charge is -2.32. The summed E-state index contributed by atoms with van der Waals surface area (Å²) in [5.74, 6) is -0.761. The van der Waals surface area contributed by atoms with Crippen molar-refractivity contribution >= 4 is 5.97 Å². The molecule has 74 valence electrons. The van der Waals surface area contributed by atoms with E-state index in [0.29, 0.717) is 6.61 Å². The van der Waals surface area contributed by atoms with E-state index in [9.17, 15) is 4.79 Å². The maximum absolute atomic E-state index is 10.5. The number of carboxylic acid groups (broad SMARTS) is 1. The van der Waals surface area contributed by atoms with E-state index < -0.39 is 5.97 Å². The number of morpholine rings is 1. The SMILES string of the molecule is O=C(O)CC1CN(C2CC2)CCO1. The number of rotatable bonds is 3. The van der Waals surface area contributed by atoms with Gasteiger partial charge < -0.3 is 9.84 Å². The highest BCUT2D eigenvalue weighted by molar-refractivity contribution is 5.67. The van der Waals surface area contributed by atoms with Gasteiger partial charge in [0.1, 0.15) is 0 Å². The summed E-state index contributed by atoms with van der Waals surface area (Å²) < 4.78 is 5.37. The Bertz CT molecular complexity index is 203. The van der Waals surface area contributed by atoms with Gasteiger partial charge in [-0.15, -0.1) is 0 Å². The Hall–Kier alpha value is -0.610. The molecule has 1 heterocycles. The highest BCUT2D eigenvalue weighted by atomic mass is 16.5. The molecule has 0 amide bonds. The van der Waals surface area contributed by atoms with Crippen LogP contribution >= 0.6 is 0 Å². The van der Waals surface area contributed by atoms with Gasteiger partial charge in [-0.1, -0.05) is 0 Å². The highest BCUT2D eigenvalue weighted by Gasteiger charge is 2.33. The molecule has 0 aromatic carbocycles. The van der Waals surface area contributed by atoms with Gasteiger partial charge in [0.25, 0.3) is 0 Å². The molecule has 2 aliphatic rings. The first-order chi connectivity index (χ1) is 6.25. The average Bonchev–Trinajstić information content (AvgIpc) is 2.85. The molecule has 4 nitrogen and oxygen atoms in total. The van der Waals surface area contributed by atoms with E-state index in [0.717, 1.165) is 19.1 Å². The third-order valence-corrected chi connectivity index (χ3v) is 2.64. The van der Waals surface area contributed by atoms with Gasteiger partial charge in [0.15, 0.2) is 0 Å². The van der Waals surface area contributed by atoms with Crippen molar-refractivity contribution in [2.24, 2.45) is 0 Å². The number of carbonyl (C=O) groups is 1. The first-order valence-corrected chi connectivity index (χ1v) is 4.83. The lowest BCUT2D eigenvalue weighted by atomic mass is 10.2. The number of hydrogen-bond donors (Lipinski definition) is 1. The predicted octanol–water partition coefficient (Wildman–Crippen LogP) is 0.324. The lowest BCUT2D eigenvalue weighted by molar-refractivity contribution is -0.142. The summed E-state index contributed by atoms with van der Waals surface area (Å²) in [7, 11) is 0. The van der Waals surface area contributed by atoms with E-state index in [-0.39, 0.29) is 12.5 Å². The summed E-state index contributed by atoms with van der Waals surface area (Å²) in [5, 5.41) is 8.61. The second kappa shape index (κ2) is 3.64. The fourth-order valence-corrected chi connectivity index (χ4v) is 1.83. The number of nitrogens with zero attached hydrogens (tertiary/aromatic N) is 1. The van der Waals surface area contributed by atoms with Crippen LogP contribution in [0.1, 0.15) is 19.3 Å². The van der Waals surface area contributed by atoms with Crippen molar-refractivity contribution in [1.82, 2.24) is 4.90 Å². The minimum absolute atomic E-state index is 0.0909. The van der Waals surface area contributed by atoms with Crippen molar-refractivity contribution in [2.45, 2.75) is 31.4 Å². The molecule has 0 spiro atoms. The van der Waals surface area contributed by atoms with Crippen LogP contribution in [0.2, 0.25) is 0 Å². The van der Waals surface area contributed by atoms with Crippen molar-refractivity contribution in [3.63, 3.8) is 0 Å². The quantitative estimate of drug-likeness (QED) is 0.688. The van der Waals surface area contributed by atoms with Gasteiger partial charge in [-0.2, -0.15) is 0 Å². The molecule has 0 bridgehead atoms. The predicted molar refractivity (Wildman–Crippen MR) is 46.6 cm³/mol. The molecule has 0 aromatic heterocycles. The monoisotopic (exact) mass is 185 g/mol. The zero-order chi connectivity index (χ0) is 9.26. The zero-order valence-electron chi connectivity index (χ0n) is 7.61. The Balaban J connectivity index is 1.80. The van der Waals surface area contributed by atoms with Gasteiger partial charge >= 0.3 is 5.97 Å². The molecule has 2 fully saturated rings. The van der Waals surface area contributed by atoms with E-state index in [1.165, 1.54) is 12.8 Å². The third-order valence-electron chi connectivity index (χ3n) is 2.64. The van der Waals surface area contributed by atoms with Crippen LogP contribution in [0.3, 0.4) is 0 Å². The van der Waals surface area contributed by atoms with Crippen molar-refractivity contribution in [3.8, 4) is 0 Å². The number of aliphatic carboxylic acids is 1. The lowest BCUT2D eigenvalue weighted by Crippen LogP contribution is -2.44. The van der Waals surface area contributed by atoms with Gasteiger partial charge in [0.05, 0.1) is 19.1 Å². The molecule has 1 aliphatic carbocycles. The number of ether oxygens (including phenoxy) is 1. The molecule has 13 heavy (non-hydrogen) atoms. The molecule has 1 unspecified atom stereocenters. The number of hydrogen-bond acceptors (Lipinski definition) is 3. The largest absolute Gasteiger partial charge is 0.481 e. The third kappa shape index (κ3) is 2.42. The van der Waals surface area contributed by atoms with E-state index >= 15 is 0 Å². The van der Waals surface area contributed by atoms with Crippen LogP contribution in [0, 0.1) is 0 Å². The molecule has 1 atom stereocenters. The van der Waals surface area contributed by atoms with E-state index in [1.807, 2.05) is 0 Å². The molecule has 1 saturated heterocycles. The van der Waals surface area contributed by atoms with Crippen LogP contribution < -0.4 is 0 Å². The van der Waals surface area contributed by atoms with Gasteiger partial charge in [0, 0.05) is 19.1 Å². The minimum atomic E-state index is -0.761. The topological polar surface area (TPSA) is 49.8 Å². The van der Waals surface area contributed by atoms with Gasteiger partial charge in [0.2, 0.25) is 0 Å². The number of carboxylic acids is 1. The molecule has 1 saturated carbocycles. The zero-order valence-corrected chi connectivity index (χ0v) is 7.61. The minimum Gasteiger partial charge on any atom is -0.481 e. The molecular weight excluding hydrogens is 170 g/mol. The fourth-order valence-electron chi connectivity index (χ4n) is 1.83. The molecule has 1 aliphatic heterocycles. The molecular formula is C9H15NO3. The second-order valence-corrected chi connectivity index (χ2v) is 3.82. The molecule has 4 heteroatoms. The summed E-state index contributed by atoms with van der Waals surface area (Å²) in [5.41, 5.74) is 0. The molecule has 0 aromatic rings. The Morgan fingerprint density at radius 2 is 2.31 bits per heavy atom. The van der Waals surface area contributed by atoms with Crippen LogP contribution in [0.5, 0.6) is 0 Å². The van der Waals surface area contributed by atoms with Gasteiger partial charge in [-0.05, 0) is 12.8 Å². The Kier molecular flexibility index (Phi) is 2.51. The fraction of sp³-hybridized carbons (Fsp3) is 0.889. The van der Waals surface area contributed by atoms with Crippen LogP contribution in [-0.4, -0.2) is 47.8 Å². The van der Waals surface area contributed by atoms with Crippen LogP contribution in [0.15, 0.2) is 0 Å². The van der Waals surface area contributed by atoms with Crippen molar-refractivity contribution in [1.29, 1.82) is 0 Å². The Morgan fingerprint density at radius 3 is 2.92 bits per heavy atom. The summed E-state index contributed by atoms with van der Waals surface area (Å²) in [6.07, 6.45) is 2.61. The summed E-state index contributed by atoms with van der Waals surface area (Å²) in [4.78, 5) is 12.8. The first kappa shape index (κ1) is 8.97. The Morgan fingerprint density at radius 1 is 1.54 bits per heavy atom. The molecule has 0 radical (unpaired) electrons. The smallest absolute Gasteiger partial charge is 0.306 e. The van der Waals surface area contributed by atoms with E-state index in [2.05, 4.69) is 4.90 Å². The van der Waals surface area contributed by atoms with Crippen molar-refractivity contribution in [2.75, 3.05) is 19.7 Å². The van der Waals surface area contributed by atoms with E-state index in [4.69, 9.17) is 9.84 Å². The van der Waals surface area contributed by atoms with Crippen molar-refractivity contribution < 1.29 is 14.6 Å². The Labute approximate surface area is 77.5 Å². The summed E-state index contributed by atoms with van der Waals surface area (Å²) in [6.45, 7) is 2.46. The van der Waals surface area contributed by atoms with Crippen LogP contribution in [0.25, 0.3) is 0 Å². The highest BCUT2D eigenvalue weighted by Crippen LogP contribution is 2.28. The normalized spacial score (nSPS) is 30.3. The van der Waals surface area contributed by atoms with Crippen LogP contribution in [0.4, 0.5) is 0 Å². The average molecular weight is 185 g/mol. The van der Waals surface area contributed by atoms with Crippen molar-refractivity contribution in [3.05, 3.63) is 0 Å². The molecule has 2 rings (SSSR count).